The second-order valence-electron chi connectivity index (χ2n) is 6.57. The van der Waals surface area contributed by atoms with Gasteiger partial charge in [-0.05, 0) is 36.3 Å². The van der Waals surface area contributed by atoms with Gasteiger partial charge in [-0.3, -0.25) is 25.0 Å². The molecule has 33 heavy (non-hydrogen) atoms. The Labute approximate surface area is 186 Å². The molecule has 1 heterocycles. The van der Waals surface area contributed by atoms with Gasteiger partial charge in [0.1, 0.15) is 12.4 Å². The van der Waals surface area contributed by atoms with Crippen molar-refractivity contribution in [2.45, 2.75) is 13.5 Å². The standard InChI is InChI=1S/C21H18N4O8/c1-2-32-17-11-13(7-9-18-22-20(26)19(25(30)31)21(27)23-18)6-8-16(17)33-12-14-4-3-5-15(10-14)24(28)29/h3-11H,2,12H2,1H3,(H2,22,23,26,27)/b9-7-. The molecule has 0 amide bonds. The molecule has 3 aromatic rings. The first kappa shape index (κ1) is 22.9. The lowest BCUT2D eigenvalue weighted by molar-refractivity contribution is -0.387. The van der Waals surface area contributed by atoms with Gasteiger partial charge in [-0.25, -0.2) is 0 Å². The Morgan fingerprint density at radius 2 is 1.85 bits per heavy atom. The van der Waals surface area contributed by atoms with Gasteiger partial charge >= 0.3 is 11.2 Å². The van der Waals surface area contributed by atoms with Gasteiger partial charge in [-0.1, -0.05) is 24.3 Å². The largest absolute Gasteiger partial charge is 0.490 e. The van der Waals surface area contributed by atoms with Crippen LogP contribution in [0.1, 0.15) is 23.9 Å². The Balaban J connectivity index is 1.80. The highest BCUT2D eigenvalue weighted by Gasteiger charge is 2.21. The van der Waals surface area contributed by atoms with Crippen molar-refractivity contribution >= 4 is 23.5 Å². The van der Waals surface area contributed by atoms with Gasteiger partial charge in [-0.2, -0.15) is 4.98 Å². The summed E-state index contributed by atoms with van der Waals surface area (Å²) in [6.45, 7) is 2.23. The van der Waals surface area contributed by atoms with Gasteiger partial charge in [0.2, 0.25) is 0 Å². The molecule has 2 aromatic carbocycles. The zero-order valence-corrected chi connectivity index (χ0v) is 17.3. The van der Waals surface area contributed by atoms with E-state index in [9.17, 15) is 30.1 Å². The molecule has 2 N–H and O–H groups in total. The molecule has 12 heteroatoms. The van der Waals surface area contributed by atoms with Crippen molar-refractivity contribution in [3.8, 4) is 17.4 Å². The number of aromatic hydroxyl groups is 1. The number of hydrogen-bond acceptors (Lipinski definition) is 9. The van der Waals surface area contributed by atoms with Gasteiger partial charge in [0, 0.05) is 12.1 Å². The highest BCUT2D eigenvalue weighted by molar-refractivity contribution is 5.68. The van der Waals surface area contributed by atoms with Crippen LogP contribution in [0.15, 0.2) is 47.3 Å². The molecule has 0 aliphatic heterocycles. The number of H-pyrrole nitrogens is 1. The second kappa shape index (κ2) is 10.0. The maximum atomic E-state index is 11.7. The maximum absolute atomic E-state index is 11.7. The number of rotatable bonds is 9. The molecule has 0 fully saturated rings. The number of nitro benzene ring substituents is 1. The van der Waals surface area contributed by atoms with E-state index in [1.54, 1.807) is 43.3 Å². The van der Waals surface area contributed by atoms with Crippen molar-refractivity contribution in [2.75, 3.05) is 6.61 Å². The number of ether oxygens (including phenoxy) is 2. The topological polar surface area (TPSA) is 171 Å². The number of nitro groups is 2. The molecule has 0 spiro atoms. The van der Waals surface area contributed by atoms with E-state index in [0.29, 0.717) is 29.2 Å². The minimum absolute atomic E-state index is 0.0365. The van der Waals surface area contributed by atoms with Crippen LogP contribution < -0.4 is 15.0 Å². The summed E-state index contributed by atoms with van der Waals surface area (Å²) in [5.74, 6) is -0.228. The van der Waals surface area contributed by atoms with Crippen molar-refractivity contribution in [3.63, 3.8) is 0 Å². The lowest BCUT2D eigenvalue weighted by Gasteiger charge is -2.12. The molecule has 0 atom stereocenters. The fourth-order valence-electron chi connectivity index (χ4n) is 2.83. The molecule has 1 aromatic heterocycles. The molecule has 0 unspecified atom stereocenters. The van der Waals surface area contributed by atoms with Crippen LogP contribution in [0.5, 0.6) is 17.4 Å². The number of nitrogens with one attached hydrogen (secondary N) is 1. The summed E-state index contributed by atoms with van der Waals surface area (Å²) in [5.41, 5.74) is -0.904. The zero-order valence-electron chi connectivity index (χ0n) is 17.3. The third-order valence-electron chi connectivity index (χ3n) is 4.29. The van der Waals surface area contributed by atoms with Crippen molar-refractivity contribution in [2.24, 2.45) is 0 Å². The van der Waals surface area contributed by atoms with Crippen LogP contribution in [0.25, 0.3) is 12.2 Å². The van der Waals surface area contributed by atoms with Gasteiger partial charge in [0.15, 0.2) is 11.5 Å². The van der Waals surface area contributed by atoms with Gasteiger partial charge in [-0.15, -0.1) is 0 Å². The van der Waals surface area contributed by atoms with Crippen molar-refractivity contribution < 1.29 is 24.4 Å². The minimum Gasteiger partial charge on any atom is -0.490 e. The summed E-state index contributed by atoms with van der Waals surface area (Å²) in [7, 11) is 0. The Morgan fingerprint density at radius 1 is 1.06 bits per heavy atom. The Hall–Kier alpha value is -4.74. The maximum Gasteiger partial charge on any atom is 0.395 e. The Morgan fingerprint density at radius 3 is 2.52 bits per heavy atom. The summed E-state index contributed by atoms with van der Waals surface area (Å²) in [6.07, 6.45) is 2.91. The third-order valence-corrected chi connectivity index (χ3v) is 4.29. The van der Waals surface area contributed by atoms with E-state index in [-0.39, 0.29) is 18.1 Å². The van der Waals surface area contributed by atoms with Crippen LogP contribution in [0.2, 0.25) is 0 Å². The Kier molecular flexibility index (Phi) is 6.98. The smallest absolute Gasteiger partial charge is 0.395 e. The summed E-state index contributed by atoms with van der Waals surface area (Å²) in [4.78, 5) is 37.7. The number of nitrogens with zero attached hydrogens (tertiary/aromatic N) is 3. The molecule has 0 saturated carbocycles. The fourth-order valence-corrected chi connectivity index (χ4v) is 2.83. The lowest BCUT2D eigenvalue weighted by atomic mass is 10.1. The molecule has 12 nitrogen and oxygen atoms in total. The highest BCUT2D eigenvalue weighted by Crippen LogP contribution is 2.30. The molecule has 0 saturated heterocycles. The van der Waals surface area contributed by atoms with Crippen molar-refractivity contribution in [1.29, 1.82) is 0 Å². The molecule has 0 bridgehead atoms. The molecule has 0 aliphatic carbocycles. The van der Waals surface area contributed by atoms with E-state index in [1.807, 2.05) is 0 Å². The highest BCUT2D eigenvalue weighted by atomic mass is 16.6. The van der Waals surface area contributed by atoms with Crippen molar-refractivity contribution in [3.05, 3.63) is 90.0 Å². The number of hydrogen-bond donors (Lipinski definition) is 2. The van der Waals surface area contributed by atoms with E-state index < -0.39 is 27.0 Å². The number of aromatic amines is 1. The van der Waals surface area contributed by atoms with E-state index in [0.717, 1.165) is 0 Å². The summed E-state index contributed by atoms with van der Waals surface area (Å²) >= 11 is 0. The van der Waals surface area contributed by atoms with Crippen LogP contribution in [-0.2, 0) is 6.61 Å². The fraction of sp³-hybridized carbons (Fsp3) is 0.143. The first-order valence-corrected chi connectivity index (χ1v) is 9.57. The molecular weight excluding hydrogens is 436 g/mol. The first-order valence-electron chi connectivity index (χ1n) is 9.57. The lowest BCUT2D eigenvalue weighted by Crippen LogP contribution is -2.14. The molecule has 3 rings (SSSR count). The average molecular weight is 454 g/mol. The van der Waals surface area contributed by atoms with Crippen LogP contribution in [0.4, 0.5) is 11.4 Å². The molecule has 0 radical (unpaired) electrons. The van der Waals surface area contributed by atoms with Crippen molar-refractivity contribution in [1.82, 2.24) is 9.97 Å². The predicted octanol–water partition coefficient (Wildman–Crippen LogP) is 3.44. The Bertz CT molecular complexity index is 1290. The monoisotopic (exact) mass is 454 g/mol. The summed E-state index contributed by atoms with van der Waals surface area (Å²) < 4.78 is 11.4. The summed E-state index contributed by atoms with van der Waals surface area (Å²) in [5, 5.41) is 31.3. The average Bonchev–Trinajstić information content (AvgIpc) is 2.76. The summed E-state index contributed by atoms with van der Waals surface area (Å²) in [6, 6.07) is 11.1. The predicted molar refractivity (Wildman–Crippen MR) is 117 cm³/mol. The minimum atomic E-state index is -1.08. The van der Waals surface area contributed by atoms with E-state index in [2.05, 4.69) is 9.97 Å². The number of benzene rings is 2. The molecule has 170 valence electrons. The van der Waals surface area contributed by atoms with E-state index in [4.69, 9.17) is 9.47 Å². The van der Waals surface area contributed by atoms with Crippen LogP contribution in [0.3, 0.4) is 0 Å². The SMILES string of the molecule is CCOc1cc(/C=C\c2nc(O)c([N+](=O)[O-])c(=O)[nH]2)ccc1OCc1cccc([N+](=O)[O-])c1. The number of non-ortho nitro benzene ring substituents is 1. The van der Waals surface area contributed by atoms with Gasteiger partial charge in [0.05, 0.1) is 16.5 Å². The van der Waals surface area contributed by atoms with Crippen LogP contribution >= 0.6 is 0 Å². The normalized spacial score (nSPS) is 10.8. The van der Waals surface area contributed by atoms with E-state index in [1.165, 1.54) is 18.2 Å². The number of aromatic nitrogens is 2. The zero-order chi connectivity index (χ0) is 24.0. The van der Waals surface area contributed by atoms with E-state index >= 15 is 0 Å². The van der Waals surface area contributed by atoms with Gasteiger partial charge < -0.3 is 19.6 Å². The third kappa shape index (κ3) is 5.70. The molecule has 0 aliphatic rings. The quantitative estimate of drug-likeness (QED) is 0.363. The van der Waals surface area contributed by atoms with Crippen LogP contribution in [-0.4, -0.2) is 31.5 Å². The van der Waals surface area contributed by atoms with Crippen LogP contribution in [0, 0.1) is 20.2 Å². The first-order chi connectivity index (χ1) is 15.8. The van der Waals surface area contributed by atoms with Gasteiger partial charge in [0.25, 0.3) is 11.6 Å². The molecular formula is C21H18N4O8. The second-order valence-corrected chi connectivity index (χ2v) is 6.57.